The standard InChI is InChI=1S/C25H24N4O4S/c1-16-4-3-5-19(14-16)23(31)26-20-10-8-18(9-11-20)24(32)28-29-25(34)27-22(30)15-17-6-12-21(33-2)13-7-17/h3-14H,15H2,1-2H3,(H,26,31)(H,28,32)(H2,27,29,30,34). The van der Waals surface area contributed by atoms with Gasteiger partial charge in [-0.15, -0.1) is 0 Å². The Balaban J connectivity index is 1.45. The highest BCUT2D eigenvalue weighted by atomic mass is 32.1. The first-order chi connectivity index (χ1) is 16.3. The lowest BCUT2D eigenvalue weighted by Crippen LogP contribution is -2.48. The number of rotatable bonds is 6. The molecule has 4 N–H and O–H groups in total. The summed E-state index contributed by atoms with van der Waals surface area (Å²) in [5, 5.41) is 5.26. The Morgan fingerprint density at radius 3 is 2.21 bits per heavy atom. The minimum absolute atomic E-state index is 0.0334. The van der Waals surface area contributed by atoms with Gasteiger partial charge in [-0.05, 0) is 73.2 Å². The second kappa shape index (κ2) is 11.6. The van der Waals surface area contributed by atoms with Crippen LogP contribution in [0, 0.1) is 6.92 Å². The second-order valence-electron chi connectivity index (χ2n) is 7.38. The first-order valence-corrected chi connectivity index (χ1v) is 10.8. The third kappa shape index (κ3) is 7.14. The largest absolute Gasteiger partial charge is 0.497 e. The van der Waals surface area contributed by atoms with Crippen LogP contribution in [0.5, 0.6) is 5.75 Å². The highest BCUT2D eigenvalue weighted by molar-refractivity contribution is 7.80. The molecule has 0 aliphatic rings. The van der Waals surface area contributed by atoms with Gasteiger partial charge in [0.15, 0.2) is 5.11 Å². The quantitative estimate of drug-likeness (QED) is 0.322. The summed E-state index contributed by atoms with van der Waals surface area (Å²) in [6.45, 7) is 1.91. The number of nitrogens with one attached hydrogen (secondary N) is 4. The minimum Gasteiger partial charge on any atom is -0.497 e. The highest BCUT2D eigenvalue weighted by Gasteiger charge is 2.10. The molecule has 0 atom stereocenters. The van der Waals surface area contributed by atoms with E-state index < -0.39 is 5.91 Å². The summed E-state index contributed by atoms with van der Waals surface area (Å²) in [7, 11) is 1.57. The summed E-state index contributed by atoms with van der Waals surface area (Å²) in [4.78, 5) is 36.8. The van der Waals surface area contributed by atoms with Crippen molar-refractivity contribution in [1.82, 2.24) is 16.2 Å². The van der Waals surface area contributed by atoms with Gasteiger partial charge in [-0.2, -0.15) is 0 Å². The maximum absolute atomic E-state index is 12.3. The van der Waals surface area contributed by atoms with Crippen LogP contribution >= 0.6 is 12.2 Å². The summed E-state index contributed by atoms with van der Waals surface area (Å²) in [6.07, 6.45) is 0.121. The van der Waals surface area contributed by atoms with Gasteiger partial charge in [0.25, 0.3) is 11.8 Å². The molecule has 0 heterocycles. The maximum Gasteiger partial charge on any atom is 0.269 e. The van der Waals surface area contributed by atoms with E-state index in [0.717, 1.165) is 11.1 Å². The number of aryl methyl sites for hydroxylation is 1. The SMILES string of the molecule is COc1ccc(CC(=O)NC(=S)NNC(=O)c2ccc(NC(=O)c3cccc(C)c3)cc2)cc1. The molecule has 0 aromatic heterocycles. The number of anilines is 1. The average molecular weight is 477 g/mol. The van der Waals surface area contributed by atoms with Gasteiger partial charge < -0.3 is 15.4 Å². The van der Waals surface area contributed by atoms with E-state index in [4.69, 9.17) is 17.0 Å². The fraction of sp³-hybridized carbons (Fsp3) is 0.120. The topological polar surface area (TPSA) is 109 Å². The molecule has 0 spiro atoms. The molecule has 0 bridgehead atoms. The number of methoxy groups -OCH3 is 1. The van der Waals surface area contributed by atoms with E-state index in [0.29, 0.717) is 22.6 Å². The Morgan fingerprint density at radius 2 is 1.56 bits per heavy atom. The van der Waals surface area contributed by atoms with Crippen LogP contribution in [-0.4, -0.2) is 29.9 Å². The highest BCUT2D eigenvalue weighted by Crippen LogP contribution is 2.13. The van der Waals surface area contributed by atoms with Gasteiger partial charge in [-0.3, -0.25) is 25.2 Å². The van der Waals surface area contributed by atoms with Crippen molar-refractivity contribution in [3.8, 4) is 5.75 Å². The third-order valence-corrected chi connectivity index (χ3v) is 4.96. The van der Waals surface area contributed by atoms with E-state index >= 15 is 0 Å². The van der Waals surface area contributed by atoms with Gasteiger partial charge in [0.1, 0.15) is 5.75 Å². The van der Waals surface area contributed by atoms with E-state index in [1.54, 1.807) is 67.8 Å². The van der Waals surface area contributed by atoms with Crippen molar-refractivity contribution < 1.29 is 19.1 Å². The summed E-state index contributed by atoms with van der Waals surface area (Å²) < 4.78 is 5.09. The summed E-state index contributed by atoms with van der Waals surface area (Å²) in [5.74, 6) is -0.321. The molecule has 8 nitrogen and oxygen atoms in total. The Labute approximate surface area is 202 Å². The number of ether oxygens (including phenoxy) is 1. The van der Waals surface area contributed by atoms with Crippen molar-refractivity contribution in [2.75, 3.05) is 12.4 Å². The van der Waals surface area contributed by atoms with Crippen molar-refractivity contribution in [2.24, 2.45) is 0 Å². The predicted molar refractivity (Wildman–Crippen MR) is 134 cm³/mol. The fourth-order valence-corrected chi connectivity index (χ4v) is 3.18. The van der Waals surface area contributed by atoms with Crippen LogP contribution in [0.1, 0.15) is 31.8 Å². The summed E-state index contributed by atoms with van der Waals surface area (Å²) >= 11 is 5.05. The van der Waals surface area contributed by atoms with E-state index in [1.807, 2.05) is 19.1 Å². The monoisotopic (exact) mass is 476 g/mol. The first kappa shape index (κ1) is 24.4. The van der Waals surface area contributed by atoms with E-state index in [9.17, 15) is 14.4 Å². The van der Waals surface area contributed by atoms with Crippen molar-refractivity contribution in [3.63, 3.8) is 0 Å². The zero-order chi connectivity index (χ0) is 24.5. The van der Waals surface area contributed by atoms with Gasteiger partial charge in [0, 0.05) is 16.8 Å². The molecule has 0 saturated heterocycles. The van der Waals surface area contributed by atoms with E-state index in [-0.39, 0.29) is 23.3 Å². The van der Waals surface area contributed by atoms with Crippen LogP contribution < -0.4 is 26.2 Å². The molecule has 174 valence electrons. The molecule has 0 radical (unpaired) electrons. The first-order valence-electron chi connectivity index (χ1n) is 10.4. The number of amides is 3. The lowest BCUT2D eigenvalue weighted by molar-refractivity contribution is -0.119. The van der Waals surface area contributed by atoms with Crippen molar-refractivity contribution in [2.45, 2.75) is 13.3 Å². The van der Waals surface area contributed by atoms with Gasteiger partial charge in [-0.1, -0.05) is 29.8 Å². The zero-order valence-corrected chi connectivity index (χ0v) is 19.5. The molecular formula is C25H24N4O4S. The Morgan fingerprint density at radius 1 is 0.853 bits per heavy atom. The van der Waals surface area contributed by atoms with Gasteiger partial charge in [0.05, 0.1) is 13.5 Å². The normalized spacial score (nSPS) is 10.1. The molecule has 3 aromatic rings. The predicted octanol–water partition coefficient (Wildman–Crippen LogP) is 3.13. The number of benzene rings is 3. The van der Waals surface area contributed by atoms with Crippen LogP contribution in [0.15, 0.2) is 72.8 Å². The second-order valence-corrected chi connectivity index (χ2v) is 7.79. The number of hydrazine groups is 1. The molecule has 9 heteroatoms. The van der Waals surface area contributed by atoms with Crippen LogP contribution in [0.3, 0.4) is 0 Å². The Hall–Kier alpha value is -4.24. The summed E-state index contributed by atoms with van der Waals surface area (Å²) in [5.41, 5.74) is 8.15. The van der Waals surface area contributed by atoms with Crippen molar-refractivity contribution in [3.05, 3.63) is 95.1 Å². The maximum atomic E-state index is 12.3. The zero-order valence-electron chi connectivity index (χ0n) is 18.7. The molecule has 3 aromatic carbocycles. The number of carbonyl (C=O) groups is 3. The third-order valence-electron chi connectivity index (χ3n) is 4.75. The molecule has 0 aliphatic heterocycles. The van der Waals surface area contributed by atoms with Gasteiger partial charge in [0.2, 0.25) is 5.91 Å². The smallest absolute Gasteiger partial charge is 0.269 e. The van der Waals surface area contributed by atoms with E-state index in [1.165, 1.54) is 0 Å². The van der Waals surface area contributed by atoms with E-state index in [2.05, 4.69) is 21.5 Å². The molecule has 0 aliphatic carbocycles. The van der Waals surface area contributed by atoms with Gasteiger partial charge >= 0.3 is 0 Å². The molecule has 34 heavy (non-hydrogen) atoms. The van der Waals surface area contributed by atoms with Crippen LogP contribution in [0.4, 0.5) is 5.69 Å². The number of hydrogen-bond acceptors (Lipinski definition) is 5. The average Bonchev–Trinajstić information content (AvgIpc) is 2.83. The fourth-order valence-electron chi connectivity index (χ4n) is 3.01. The molecule has 0 fully saturated rings. The molecule has 3 amide bonds. The molecule has 0 saturated carbocycles. The number of thiocarbonyl (C=S) groups is 1. The minimum atomic E-state index is -0.455. The summed E-state index contributed by atoms with van der Waals surface area (Å²) in [6, 6.07) is 20.7. The van der Waals surface area contributed by atoms with Crippen molar-refractivity contribution >= 4 is 40.7 Å². The Kier molecular flexibility index (Phi) is 8.31. The molecule has 0 unspecified atom stereocenters. The van der Waals surface area contributed by atoms with Gasteiger partial charge in [-0.25, -0.2) is 0 Å². The van der Waals surface area contributed by atoms with Crippen LogP contribution in [0.25, 0.3) is 0 Å². The van der Waals surface area contributed by atoms with Crippen LogP contribution in [0.2, 0.25) is 0 Å². The Bertz CT molecular complexity index is 1190. The molecule has 3 rings (SSSR count). The lowest BCUT2D eigenvalue weighted by Gasteiger charge is -2.11. The van der Waals surface area contributed by atoms with Crippen molar-refractivity contribution in [1.29, 1.82) is 0 Å². The number of hydrogen-bond donors (Lipinski definition) is 4. The van der Waals surface area contributed by atoms with Crippen LogP contribution in [-0.2, 0) is 11.2 Å². The molecular weight excluding hydrogens is 452 g/mol. The number of carbonyl (C=O) groups excluding carboxylic acids is 3. The lowest BCUT2D eigenvalue weighted by atomic mass is 10.1.